The maximum absolute atomic E-state index is 12.2. The second-order valence-electron chi connectivity index (χ2n) is 5.25. The summed E-state index contributed by atoms with van der Waals surface area (Å²) >= 11 is 11.9. The van der Waals surface area contributed by atoms with Gasteiger partial charge in [-0.2, -0.15) is 0 Å². The average molecular weight is 341 g/mol. The molecule has 1 aromatic carbocycles. The van der Waals surface area contributed by atoms with E-state index in [0.29, 0.717) is 35.9 Å². The summed E-state index contributed by atoms with van der Waals surface area (Å²) < 4.78 is 0. The molecule has 22 heavy (non-hydrogen) atoms. The van der Waals surface area contributed by atoms with Gasteiger partial charge in [0.1, 0.15) is 0 Å². The predicted molar refractivity (Wildman–Crippen MR) is 83.5 cm³/mol. The molecule has 0 radical (unpaired) electrons. The van der Waals surface area contributed by atoms with Gasteiger partial charge in [-0.05, 0) is 37.0 Å². The minimum absolute atomic E-state index is 0.261. The van der Waals surface area contributed by atoms with Crippen molar-refractivity contribution in [1.82, 2.24) is 5.32 Å². The number of halogens is 2. The van der Waals surface area contributed by atoms with Crippen LogP contribution in [0.5, 0.6) is 0 Å². The van der Waals surface area contributed by atoms with Crippen molar-refractivity contribution in [3.8, 4) is 0 Å². The SMILES string of the molecule is O=C(NCCc1ccc(Cl)cc1Cl)[C@H]1CC=CC[C@H]1C(=O)[O-]. The minimum Gasteiger partial charge on any atom is -0.550 e. The monoisotopic (exact) mass is 340 g/mol. The van der Waals surface area contributed by atoms with Gasteiger partial charge in [0, 0.05) is 34.4 Å². The Morgan fingerprint density at radius 3 is 2.50 bits per heavy atom. The van der Waals surface area contributed by atoms with Gasteiger partial charge in [0.05, 0.1) is 0 Å². The largest absolute Gasteiger partial charge is 0.550 e. The predicted octanol–water partition coefficient (Wildman–Crippen LogP) is 1.98. The molecule has 4 nitrogen and oxygen atoms in total. The number of amides is 1. The normalized spacial score (nSPS) is 20.6. The van der Waals surface area contributed by atoms with Crippen molar-refractivity contribution in [2.75, 3.05) is 6.54 Å². The number of allylic oxidation sites excluding steroid dienone is 2. The zero-order chi connectivity index (χ0) is 16.1. The molecule has 0 spiro atoms. The van der Waals surface area contributed by atoms with Crippen molar-refractivity contribution >= 4 is 35.1 Å². The Labute approximate surface area is 139 Å². The van der Waals surface area contributed by atoms with Crippen molar-refractivity contribution in [3.05, 3.63) is 46.0 Å². The third kappa shape index (κ3) is 4.24. The Morgan fingerprint density at radius 2 is 1.86 bits per heavy atom. The molecule has 2 rings (SSSR count). The quantitative estimate of drug-likeness (QED) is 0.833. The minimum atomic E-state index is -1.18. The zero-order valence-corrected chi connectivity index (χ0v) is 13.4. The molecular formula is C16H16Cl2NO3-. The maximum Gasteiger partial charge on any atom is 0.224 e. The number of carbonyl (C=O) groups excluding carboxylic acids is 2. The van der Waals surface area contributed by atoms with Gasteiger partial charge in [-0.3, -0.25) is 4.79 Å². The number of benzene rings is 1. The molecule has 0 heterocycles. The molecule has 0 bridgehead atoms. The molecule has 0 saturated carbocycles. The summed E-state index contributed by atoms with van der Waals surface area (Å²) in [6.45, 7) is 0.389. The molecule has 0 fully saturated rings. The van der Waals surface area contributed by atoms with Crippen LogP contribution in [-0.4, -0.2) is 18.4 Å². The number of aliphatic carboxylic acids is 1. The maximum atomic E-state index is 12.2. The van der Waals surface area contributed by atoms with Crippen LogP contribution in [0.15, 0.2) is 30.4 Å². The van der Waals surface area contributed by atoms with Crippen LogP contribution in [0.4, 0.5) is 0 Å². The first kappa shape index (κ1) is 16.8. The summed E-state index contributed by atoms with van der Waals surface area (Å²) in [5.41, 5.74) is 0.881. The molecule has 6 heteroatoms. The van der Waals surface area contributed by atoms with E-state index >= 15 is 0 Å². The fourth-order valence-corrected chi connectivity index (χ4v) is 3.04. The molecule has 1 aliphatic rings. The number of carbonyl (C=O) groups is 2. The fourth-order valence-electron chi connectivity index (χ4n) is 2.54. The molecule has 0 unspecified atom stereocenters. The van der Waals surface area contributed by atoms with Crippen molar-refractivity contribution in [3.63, 3.8) is 0 Å². The van der Waals surface area contributed by atoms with Crippen molar-refractivity contribution in [2.45, 2.75) is 19.3 Å². The zero-order valence-electron chi connectivity index (χ0n) is 11.9. The van der Waals surface area contributed by atoms with E-state index < -0.39 is 17.8 Å². The Morgan fingerprint density at radius 1 is 1.18 bits per heavy atom. The Balaban J connectivity index is 1.89. The van der Waals surface area contributed by atoms with Gasteiger partial charge < -0.3 is 15.2 Å². The molecule has 0 saturated heterocycles. The van der Waals surface area contributed by atoms with Crippen LogP contribution in [0.2, 0.25) is 10.0 Å². The van der Waals surface area contributed by atoms with Crippen LogP contribution in [0.1, 0.15) is 18.4 Å². The molecule has 1 aromatic rings. The second-order valence-corrected chi connectivity index (χ2v) is 6.10. The van der Waals surface area contributed by atoms with Gasteiger partial charge in [-0.1, -0.05) is 41.4 Å². The topological polar surface area (TPSA) is 69.2 Å². The lowest BCUT2D eigenvalue weighted by atomic mass is 9.82. The van der Waals surface area contributed by atoms with Gasteiger partial charge in [-0.25, -0.2) is 0 Å². The lowest BCUT2D eigenvalue weighted by Crippen LogP contribution is -2.44. The fraction of sp³-hybridized carbons (Fsp3) is 0.375. The van der Waals surface area contributed by atoms with E-state index in [1.165, 1.54) is 0 Å². The van der Waals surface area contributed by atoms with E-state index in [0.717, 1.165) is 5.56 Å². The average Bonchev–Trinajstić information content (AvgIpc) is 2.49. The van der Waals surface area contributed by atoms with Crippen LogP contribution in [0.25, 0.3) is 0 Å². The number of hydrogen-bond donors (Lipinski definition) is 1. The first-order chi connectivity index (χ1) is 10.5. The molecule has 0 aliphatic heterocycles. The summed E-state index contributed by atoms with van der Waals surface area (Å²) in [7, 11) is 0. The highest BCUT2D eigenvalue weighted by atomic mass is 35.5. The van der Waals surface area contributed by atoms with E-state index in [4.69, 9.17) is 23.2 Å². The van der Waals surface area contributed by atoms with Gasteiger partial charge in [0.25, 0.3) is 0 Å². The van der Waals surface area contributed by atoms with Crippen LogP contribution in [-0.2, 0) is 16.0 Å². The molecule has 1 amide bonds. The summed E-state index contributed by atoms with van der Waals surface area (Å²) in [6.07, 6.45) is 4.92. The summed E-state index contributed by atoms with van der Waals surface area (Å²) in [6, 6.07) is 5.20. The van der Waals surface area contributed by atoms with E-state index in [-0.39, 0.29) is 5.91 Å². The molecule has 118 valence electrons. The number of carboxylic acid groups (broad SMARTS) is 1. The molecule has 1 N–H and O–H groups in total. The molecule has 2 atom stereocenters. The highest BCUT2D eigenvalue weighted by Crippen LogP contribution is 2.25. The third-order valence-electron chi connectivity index (χ3n) is 3.78. The van der Waals surface area contributed by atoms with Gasteiger partial charge in [0.15, 0.2) is 0 Å². The summed E-state index contributed by atoms with van der Waals surface area (Å²) in [4.78, 5) is 23.2. The van der Waals surface area contributed by atoms with Gasteiger partial charge >= 0.3 is 0 Å². The molecular weight excluding hydrogens is 325 g/mol. The highest BCUT2D eigenvalue weighted by Gasteiger charge is 2.29. The van der Waals surface area contributed by atoms with E-state index in [1.54, 1.807) is 18.2 Å². The lowest BCUT2D eigenvalue weighted by Gasteiger charge is -2.28. The summed E-state index contributed by atoms with van der Waals surface area (Å²) in [5, 5.41) is 15.0. The lowest BCUT2D eigenvalue weighted by molar-refractivity contribution is -0.313. The van der Waals surface area contributed by atoms with Gasteiger partial charge in [0.2, 0.25) is 5.91 Å². The number of rotatable bonds is 5. The number of hydrogen-bond acceptors (Lipinski definition) is 3. The first-order valence-corrected chi connectivity index (χ1v) is 7.82. The molecule has 1 aliphatic carbocycles. The smallest absolute Gasteiger partial charge is 0.224 e. The van der Waals surface area contributed by atoms with E-state index in [9.17, 15) is 14.7 Å². The first-order valence-electron chi connectivity index (χ1n) is 7.06. The number of nitrogens with one attached hydrogen (secondary N) is 1. The molecule has 0 aromatic heterocycles. The van der Waals surface area contributed by atoms with Crippen LogP contribution >= 0.6 is 23.2 Å². The van der Waals surface area contributed by atoms with Crippen LogP contribution in [0, 0.1) is 11.8 Å². The van der Waals surface area contributed by atoms with E-state index in [1.807, 2.05) is 12.1 Å². The summed E-state index contributed by atoms with van der Waals surface area (Å²) in [5.74, 6) is -2.77. The Bertz CT molecular complexity index is 601. The van der Waals surface area contributed by atoms with E-state index in [2.05, 4.69) is 5.32 Å². The highest BCUT2D eigenvalue weighted by molar-refractivity contribution is 6.35. The van der Waals surface area contributed by atoms with Gasteiger partial charge in [-0.15, -0.1) is 0 Å². The van der Waals surface area contributed by atoms with Crippen LogP contribution < -0.4 is 10.4 Å². The van der Waals surface area contributed by atoms with Crippen molar-refractivity contribution < 1.29 is 14.7 Å². The third-order valence-corrected chi connectivity index (χ3v) is 4.37. The van der Waals surface area contributed by atoms with Crippen molar-refractivity contribution in [2.24, 2.45) is 11.8 Å². The van der Waals surface area contributed by atoms with Crippen molar-refractivity contribution in [1.29, 1.82) is 0 Å². The number of carboxylic acids is 1. The standard InChI is InChI=1S/C16H17Cl2NO3/c17-11-6-5-10(14(18)9-11)7-8-19-15(20)12-3-1-2-4-13(12)16(21)22/h1-2,5-6,9,12-13H,3-4,7-8H2,(H,19,20)(H,21,22)/p-1/t12-,13+/m0/s1. The van der Waals surface area contributed by atoms with Crippen LogP contribution in [0.3, 0.4) is 0 Å². The Kier molecular flexibility index (Phi) is 5.86. The second kappa shape index (κ2) is 7.65. The Hall–Kier alpha value is -1.52.